The molecule has 1 aromatic rings. The molecule has 0 radical (unpaired) electrons. The molecule has 0 aliphatic carbocycles. The Kier molecular flexibility index (Phi) is 3.44. The SMILES string of the molecule is CN=CC(=N)c1c(C)ccc(N)c1OC. The fraction of sp³-hybridized carbons (Fsp3) is 0.273. The van der Waals surface area contributed by atoms with Gasteiger partial charge in [-0.1, -0.05) is 6.07 Å². The quantitative estimate of drug-likeness (QED) is 0.581. The van der Waals surface area contributed by atoms with Crippen LogP contribution in [0.3, 0.4) is 0 Å². The summed E-state index contributed by atoms with van der Waals surface area (Å²) in [6.07, 6.45) is 1.48. The number of hydrogen-bond donors (Lipinski definition) is 2. The minimum absolute atomic E-state index is 0.305. The van der Waals surface area contributed by atoms with Crippen molar-refractivity contribution in [2.45, 2.75) is 6.92 Å². The fourth-order valence-electron chi connectivity index (χ4n) is 1.45. The molecule has 0 atom stereocenters. The third-order valence-electron chi connectivity index (χ3n) is 2.13. The fourth-order valence-corrected chi connectivity index (χ4v) is 1.45. The van der Waals surface area contributed by atoms with E-state index in [0.717, 1.165) is 5.56 Å². The topological polar surface area (TPSA) is 71.5 Å². The van der Waals surface area contributed by atoms with Crippen molar-refractivity contribution in [2.24, 2.45) is 4.99 Å². The Bertz CT molecular complexity index is 411. The van der Waals surface area contributed by atoms with Crippen LogP contribution in [0.4, 0.5) is 5.69 Å². The molecular formula is C11H15N3O. The van der Waals surface area contributed by atoms with E-state index < -0.39 is 0 Å². The van der Waals surface area contributed by atoms with Gasteiger partial charge in [0, 0.05) is 18.8 Å². The lowest BCUT2D eigenvalue weighted by Gasteiger charge is -2.12. The van der Waals surface area contributed by atoms with Gasteiger partial charge in [-0.05, 0) is 18.6 Å². The second-order valence-electron chi connectivity index (χ2n) is 3.18. The molecular weight excluding hydrogens is 190 g/mol. The summed E-state index contributed by atoms with van der Waals surface area (Å²) in [5.41, 5.74) is 8.26. The highest BCUT2D eigenvalue weighted by atomic mass is 16.5. The molecule has 0 unspecified atom stereocenters. The number of nitrogen functional groups attached to an aromatic ring is 1. The van der Waals surface area contributed by atoms with Gasteiger partial charge < -0.3 is 10.5 Å². The molecule has 0 heterocycles. The number of hydrogen-bond acceptors (Lipinski definition) is 4. The number of nitrogens with two attached hydrogens (primary N) is 1. The van der Waals surface area contributed by atoms with Crippen LogP contribution in [-0.2, 0) is 0 Å². The predicted molar refractivity (Wildman–Crippen MR) is 63.4 cm³/mol. The van der Waals surface area contributed by atoms with Crippen molar-refractivity contribution in [3.63, 3.8) is 0 Å². The molecule has 0 spiro atoms. The molecule has 1 aromatic carbocycles. The summed E-state index contributed by atoms with van der Waals surface area (Å²) < 4.78 is 5.20. The maximum Gasteiger partial charge on any atom is 0.151 e. The zero-order chi connectivity index (χ0) is 11.4. The van der Waals surface area contributed by atoms with Gasteiger partial charge >= 0.3 is 0 Å². The first-order chi connectivity index (χ1) is 7.11. The third kappa shape index (κ3) is 2.15. The van der Waals surface area contributed by atoms with Crippen LogP contribution in [-0.4, -0.2) is 26.1 Å². The molecule has 3 N–H and O–H groups in total. The van der Waals surface area contributed by atoms with E-state index in [0.29, 0.717) is 22.7 Å². The largest absolute Gasteiger partial charge is 0.494 e. The van der Waals surface area contributed by atoms with Crippen molar-refractivity contribution in [3.8, 4) is 5.75 Å². The van der Waals surface area contributed by atoms with Gasteiger partial charge in [-0.3, -0.25) is 10.4 Å². The Hall–Kier alpha value is -1.84. The minimum Gasteiger partial charge on any atom is -0.494 e. The predicted octanol–water partition coefficient (Wildman–Crippen LogP) is 1.65. The van der Waals surface area contributed by atoms with Crippen molar-refractivity contribution in [1.29, 1.82) is 5.41 Å². The first-order valence-electron chi connectivity index (χ1n) is 4.56. The summed E-state index contributed by atoms with van der Waals surface area (Å²) in [7, 11) is 3.17. The second-order valence-corrected chi connectivity index (χ2v) is 3.18. The molecule has 4 heteroatoms. The zero-order valence-electron chi connectivity index (χ0n) is 9.16. The Labute approximate surface area is 89.3 Å². The maximum atomic E-state index is 7.83. The van der Waals surface area contributed by atoms with E-state index in [-0.39, 0.29) is 0 Å². The van der Waals surface area contributed by atoms with Crippen LogP contribution >= 0.6 is 0 Å². The first kappa shape index (κ1) is 11.2. The van der Waals surface area contributed by atoms with Gasteiger partial charge in [0.2, 0.25) is 0 Å². The van der Waals surface area contributed by atoms with Crippen LogP contribution < -0.4 is 10.5 Å². The average Bonchev–Trinajstić information content (AvgIpc) is 2.21. The Balaban J connectivity index is 3.37. The number of ether oxygens (including phenoxy) is 1. The number of methoxy groups -OCH3 is 1. The molecule has 0 amide bonds. The number of nitrogens with zero attached hydrogens (tertiary/aromatic N) is 1. The van der Waals surface area contributed by atoms with Crippen LogP contribution in [0, 0.1) is 12.3 Å². The highest BCUT2D eigenvalue weighted by Gasteiger charge is 2.13. The lowest BCUT2D eigenvalue weighted by molar-refractivity contribution is 0.416. The van der Waals surface area contributed by atoms with Crippen LogP contribution in [0.25, 0.3) is 0 Å². The second kappa shape index (κ2) is 4.59. The molecule has 0 aromatic heterocycles. The van der Waals surface area contributed by atoms with Gasteiger partial charge in [-0.25, -0.2) is 0 Å². The van der Waals surface area contributed by atoms with Gasteiger partial charge in [0.05, 0.1) is 18.5 Å². The summed E-state index contributed by atoms with van der Waals surface area (Å²) in [5, 5.41) is 7.83. The summed E-state index contributed by atoms with van der Waals surface area (Å²) in [6, 6.07) is 3.64. The number of aryl methyl sites for hydroxylation is 1. The van der Waals surface area contributed by atoms with E-state index in [1.54, 1.807) is 20.2 Å². The van der Waals surface area contributed by atoms with E-state index in [1.165, 1.54) is 6.21 Å². The summed E-state index contributed by atoms with van der Waals surface area (Å²) in [4.78, 5) is 3.81. The number of benzene rings is 1. The summed E-state index contributed by atoms with van der Waals surface area (Å²) in [6.45, 7) is 1.91. The molecule has 0 aliphatic rings. The molecule has 80 valence electrons. The van der Waals surface area contributed by atoms with Crippen molar-refractivity contribution in [1.82, 2.24) is 0 Å². The lowest BCUT2D eigenvalue weighted by atomic mass is 10.0. The monoisotopic (exact) mass is 205 g/mol. The van der Waals surface area contributed by atoms with Crippen molar-refractivity contribution >= 4 is 17.6 Å². The van der Waals surface area contributed by atoms with E-state index in [9.17, 15) is 0 Å². The van der Waals surface area contributed by atoms with E-state index >= 15 is 0 Å². The zero-order valence-corrected chi connectivity index (χ0v) is 9.16. The molecule has 0 bridgehead atoms. The van der Waals surface area contributed by atoms with Crippen LogP contribution in [0.1, 0.15) is 11.1 Å². The molecule has 0 aliphatic heterocycles. The van der Waals surface area contributed by atoms with Gasteiger partial charge in [-0.2, -0.15) is 0 Å². The normalized spacial score (nSPS) is 10.6. The lowest BCUT2D eigenvalue weighted by Crippen LogP contribution is -2.08. The van der Waals surface area contributed by atoms with E-state index in [1.807, 2.05) is 13.0 Å². The Morgan fingerprint density at radius 1 is 1.53 bits per heavy atom. The molecule has 0 saturated carbocycles. The highest BCUT2D eigenvalue weighted by Crippen LogP contribution is 2.28. The maximum absolute atomic E-state index is 7.83. The van der Waals surface area contributed by atoms with Gasteiger partial charge in [0.25, 0.3) is 0 Å². The average molecular weight is 205 g/mol. The first-order valence-corrected chi connectivity index (χ1v) is 4.56. The minimum atomic E-state index is 0.305. The summed E-state index contributed by atoms with van der Waals surface area (Å²) in [5.74, 6) is 0.542. The Morgan fingerprint density at radius 3 is 2.73 bits per heavy atom. The number of aliphatic imine (C=N–C) groups is 1. The number of anilines is 1. The third-order valence-corrected chi connectivity index (χ3v) is 2.13. The smallest absolute Gasteiger partial charge is 0.151 e. The Morgan fingerprint density at radius 2 is 2.20 bits per heavy atom. The number of nitrogens with one attached hydrogen (secondary N) is 1. The van der Waals surface area contributed by atoms with Crippen LogP contribution in [0.5, 0.6) is 5.75 Å². The molecule has 0 saturated heterocycles. The molecule has 0 fully saturated rings. The molecule has 1 rings (SSSR count). The summed E-state index contributed by atoms with van der Waals surface area (Å²) >= 11 is 0. The van der Waals surface area contributed by atoms with Gasteiger partial charge in [0.15, 0.2) is 5.75 Å². The van der Waals surface area contributed by atoms with Crippen LogP contribution in [0.15, 0.2) is 17.1 Å². The highest BCUT2D eigenvalue weighted by molar-refractivity contribution is 6.38. The number of rotatable bonds is 3. The van der Waals surface area contributed by atoms with Gasteiger partial charge in [0.1, 0.15) is 0 Å². The molecule has 4 nitrogen and oxygen atoms in total. The van der Waals surface area contributed by atoms with Crippen molar-refractivity contribution in [3.05, 3.63) is 23.3 Å². The molecule has 15 heavy (non-hydrogen) atoms. The van der Waals surface area contributed by atoms with E-state index in [2.05, 4.69) is 4.99 Å². The van der Waals surface area contributed by atoms with Crippen LogP contribution in [0.2, 0.25) is 0 Å². The van der Waals surface area contributed by atoms with Crippen molar-refractivity contribution in [2.75, 3.05) is 19.9 Å². The van der Waals surface area contributed by atoms with Crippen molar-refractivity contribution < 1.29 is 4.74 Å². The standard InChI is InChI=1S/C11H15N3O/c1-7-4-5-8(12)11(15-3)10(7)9(13)6-14-2/h4-6,13H,12H2,1-3H3. The van der Waals surface area contributed by atoms with Gasteiger partial charge in [-0.15, -0.1) is 0 Å². The van der Waals surface area contributed by atoms with E-state index in [4.69, 9.17) is 15.9 Å².